The van der Waals surface area contributed by atoms with E-state index in [0.717, 1.165) is 15.7 Å². The van der Waals surface area contributed by atoms with Gasteiger partial charge >= 0.3 is 12.0 Å². The topological polar surface area (TPSA) is 69.6 Å². The first-order valence-electron chi connectivity index (χ1n) is 6.87. The summed E-state index contributed by atoms with van der Waals surface area (Å²) in [5.41, 5.74) is 1.07. The highest BCUT2D eigenvalue weighted by molar-refractivity contribution is 9.10. The van der Waals surface area contributed by atoms with Crippen LogP contribution in [0.25, 0.3) is 0 Å². The van der Waals surface area contributed by atoms with E-state index >= 15 is 0 Å². The Balaban J connectivity index is 1.96. The van der Waals surface area contributed by atoms with Crippen LogP contribution >= 0.6 is 15.9 Å². The van der Waals surface area contributed by atoms with E-state index in [0.29, 0.717) is 25.9 Å². The molecule has 2 amide bonds. The first-order valence-corrected chi connectivity index (χ1v) is 7.67. The summed E-state index contributed by atoms with van der Waals surface area (Å²) in [5, 5.41) is 12.0. The minimum atomic E-state index is -0.786. The molecule has 0 spiro atoms. The standard InChI is InChI=1S/C15H19BrN2O3/c1-10-9-11(3-4-12(10)16)17-14(21)18-7-5-15(2,6-8-18)13(19)20/h3-4,9H,5-8H2,1-2H3,(H,17,21)(H,19,20). The van der Waals surface area contributed by atoms with Crippen molar-refractivity contribution in [3.8, 4) is 0 Å². The van der Waals surface area contributed by atoms with E-state index < -0.39 is 11.4 Å². The fraction of sp³-hybridized carbons (Fsp3) is 0.467. The zero-order chi connectivity index (χ0) is 15.6. The van der Waals surface area contributed by atoms with Crippen molar-refractivity contribution < 1.29 is 14.7 Å². The predicted octanol–water partition coefficient (Wildman–Crippen LogP) is 3.48. The van der Waals surface area contributed by atoms with Crippen LogP contribution in [0.1, 0.15) is 25.3 Å². The molecule has 5 nitrogen and oxygen atoms in total. The zero-order valence-electron chi connectivity index (χ0n) is 12.1. The van der Waals surface area contributed by atoms with Crippen LogP contribution in [0.5, 0.6) is 0 Å². The number of likely N-dealkylation sites (tertiary alicyclic amines) is 1. The molecule has 0 bridgehead atoms. The van der Waals surface area contributed by atoms with E-state index in [4.69, 9.17) is 0 Å². The van der Waals surface area contributed by atoms with Gasteiger partial charge in [-0.3, -0.25) is 4.79 Å². The Morgan fingerprint density at radius 1 is 1.33 bits per heavy atom. The third kappa shape index (κ3) is 3.56. The number of hydrogen-bond donors (Lipinski definition) is 2. The van der Waals surface area contributed by atoms with E-state index in [9.17, 15) is 14.7 Å². The molecule has 2 N–H and O–H groups in total. The first kappa shape index (κ1) is 15.8. The molecule has 0 saturated carbocycles. The lowest BCUT2D eigenvalue weighted by Crippen LogP contribution is -2.46. The van der Waals surface area contributed by atoms with Crippen molar-refractivity contribution in [3.05, 3.63) is 28.2 Å². The van der Waals surface area contributed by atoms with Crippen molar-refractivity contribution >= 4 is 33.6 Å². The second-order valence-electron chi connectivity index (χ2n) is 5.75. The SMILES string of the molecule is Cc1cc(NC(=O)N2CCC(C)(C(=O)O)CC2)ccc1Br. The van der Waals surface area contributed by atoms with Crippen LogP contribution in [0.4, 0.5) is 10.5 Å². The number of carboxylic acids is 1. The number of carbonyl (C=O) groups excluding carboxylic acids is 1. The van der Waals surface area contributed by atoms with Gasteiger partial charge in [0.25, 0.3) is 0 Å². The van der Waals surface area contributed by atoms with Crippen LogP contribution in [-0.2, 0) is 4.79 Å². The van der Waals surface area contributed by atoms with Gasteiger partial charge in [-0.2, -0.15) is 0 Å². The summed E-state index contributed by atoms with van der Waals surface area (Å²) < 4.78 is 0.996. The number of urea groups is 1. The van der Waals surface area contributed by atoms with E-state index in [1.165, 1.54) is 0 Å². The van der Waals surface area contributed by atoms with Gasteiger partial charge < -0.3 is 15.3 Å². The second kappa shape index (κ2) is 6.05. The van der Waals surface area contributed by atoms with Crippen molar-refractivity contribution in [3.63, 3.8) is 0 Å². The average Bonchev–Trinajstić information content (AvgIpc) is 2.43. The van der Waals surface area contributed by atoms with Crippen LogP contribution in [-0.4, -0.2) is 35.1 Å². The highest BCUT2D eigenvalue weighted by atomic mass is 79.9. The number of aliphatic carboxylic acids is 1. The van der Waals surface area contributed by atoms with Gasteiger partial charge in [0, 0.05) is 23.2 Å². The number of hydrogen-bond acceptors (Lipinski definition) is 2. The maximum atomic E-state index is 12.2. The van der Waals surface area contributed by atoms with Gasteiger partial charge in [-0.05, 0) is 50.5 Å². The number of piperidine rings is 1. The Kier molecular flexibility index (Phi) is 4.56. The fourth-order valence-electron chi connectivity index (χ4n) is 2.34. The fourth-order valence-corrected chi connectivity index (χ4v) is 2.59. The molecule has 2 rings (SSSR count). The summed E-state index contributed by atoms with van der Waals surface area (Å²) in [6.07, 6.45) is 0.963. The lowest BCUT2D eigenvalue weighted by atomic mass is 9.80. The van der Waals surface area contributed by atoms with E-state index in [1.807, 2.05) is 25.1 Å². The van der Waals surface area contributed by atoms with Gasteiger partial charge in [0.05, 0.1) is 5.41 Å². The van der Waals surface area contributed by atoms with Crippen molar-refractivity contribution in [2.24, 2.45) is 5.41 Å². The lowest BCUT2D eigenvalue weighted by molar-refractivity contribution is -0.150. The largest absolute Gasteiger partial charge is 0.481 e. The van der Waals surface area contributed by atoms with Crippen LogP contribution < -0.4 is 5.32 Å². The molecule has 1 aromatic carbocycles. The lowest BCUT2D eigenvalue weighted by Gasteiger charge is -2.36. The summed E-state index contributed by atoms with van der Waals surface area (Å²) in [6.45, 7) is 4.62. The molecule has 0 radical (unpaired) electrons. The van der Waals surface area contributed by atoms with Crippen LogP contribution in [0.15, 0.2) is 22.7 Å². The monoisotopic (exact) mass is 354 g/mol. The molecule has 1 aliphatic rings. The molecule has 0 unspecified atom stereocenters. The number of halogens is 1. The van der Waals surface area contributed by atoms with Crippen LogP contribution in [0, 0.1) is 12.3 Å². The molecule has 1 fully saturated rings. The molecule has 1 heterocycles. The summed E-state index contributed by atoms with van der Waals surface area (Å²) in [5.74, 6) is -0.786. The van der Waals surface area contributed by atoms with Gasteiger partial charge in [0.2, 0.25) is 0 Å². The summed E-state index contributed by atoms with van der Waals surface area (Å²) >= 11 is 3.42. The Hall–Kier alpha value is -1.56. The third-order valence-electron chi connectivity index (χ3n) is 4.08. The molecular formula is C15H19BrN2O3. The van der Waals surface area contributed by atoms with Crippen LogP contribution in [0.2, 0.25) is 0 Å². The van der Waals surface area contributed by atoms with Gasteiger partial charge in [0.15, 0.2) is 0 Å². The number of aryl methyl sites for hydroxylation is 1. The Morgan fingerprint density at radius 2 is 1.95 bits per heavy atom. The number of nitrogens with zero attached hydrogens (tertiary/aromatic N) is 1. The maximum Gasteiger partial charge on any atom is 0.321 e. The third-order valence-corrected chi connectivity index (χ3v) is 4.97. The number of benzene rings is 1. The summed E-state index contributed by atoms with van der Waals surface area (Å²) in [6, 6.07) is 5.44. The number of amides is 2. The Morgan fingerprint density at radius 3 is 2.48 bits per heavy atom. The average molecular weight is 355 g/mol. The summed E-state index contributed by atoms with van der Waals surface area (Å²) in [7, 11) is 0. The number of carboxylic acid groups (broad SMARTS) is 1. The molecule has 6 heteroatoms. The molecule has 0 aromatic heterocycles. The van der Waals surface area contributed by atoms with Crippen molar-refractivity contribution in [1.82, 2.24) is 4.90 Å². The molecule has 114 valence electrons. The molecule has 21 heavy (non-hydrogen) atoms. The van der Waals surface area contributed by atoms with Gasteiger partial charge in [-0.1, -0.05) is 15.9 Å². The number of anilines is 1. The highest BCUT2D eigenvalue weighted by Gasteiger charge is 2.38. The van der Waals surface area contributed by atoms with Gasteiger partial charge in [-0.15, -0.1) is 0 Å². The Labute approximate surface area is 132 Å². The first-order chi connectivity index (χ1) is 9.82. The molecule has 0 aliphatic carbocycles. The number of nitrogens with one attached hydrogen (secondary N) is 1. The number of carbonyl (C=O) groups is 2. The second-order valence-corrected chi connectivity index (χ2v) is 6.60. The van der Waals surface area contributed by atoms with E-state index in [-0.39, 0.29) is 6.03 Å². The molecular weight excluding hydrogens is 336 g/mol. The summed E-state index contributed by atoms with van der Waals surface area (Å²) in [4.78, 5) is 25.1. The van der Waals surface area contributed by atoms with Gasteiger partial charge in [0.1, 0.15) is 0 Å². The number of rotatable bonds is 2. The van der Waals surface area contributed by atoms with E-state index in [2.05, 4.69) is 21.2 Å². The molecule has 0 atom stereocenters. The maximum absolute atomic E-state index is 12.2. The Bertz CT molecular complexity index is 566. The van der Waals surface area contributed by atoms with Gasteiger partial charge in [-0.25, -0.2) is 4.79 Å². The minimum absolute atomic E-state index is 0.177. The molecule has 1 saturated heterocycles. The quantitative estimate of drug-likeness (QED) is 0.853. The smallest absolute Gasteiger partial charge is 0.321 e. The molecule has 1 aromatic rings. The predicted molar refractivity (Wildman–Crippen MR) is 84.4 cm³/mol. The van der Waals surface area contributed by atoms with Crippen molar-refractivity contribution in [2.75, 3.05) is 18.4 Å². The minimum Gasteiger partial charge on any atom is -0.481 e. The highest BCUT2D eigenvalue weighted by Crippen LogP contribution is 2.31. The normalized spacial score (nSPS) is 17.4. The van der Waals surface area contributed by atoms with Crippen molar-refractivity contribution in [2.45, 2.75) is 26.7 Å². The molecule has 1 aliphatic heterocycles. The van der Waals surface area contributed by atoms with E-state index in [1.54, 1.807) is 11.8 Å². The van der Waals surface area contributed by atoms with Crippen molar-refractivity contribution in [1.29, 1.82) is 0 Å². The van der Waals surface area contributed by atoms with Crippen LogP contribution in [0.3, 0.4) is 0 Å². The zero-order valence-corrected chi connectivity index (χ0v) is 13.7.